The maximum absolute atomic E-state index is 2.44. The molecule has 0 saturated heterocycles. The lowest BCUT2D eigenvalue weighted by molar-refractivity contribution is 1.66. The highest BCUT2D eigenvalue weighted by molar-refractivity contribution is 7.29. The zero-order chi connectivity index (χ0) is 32.8. The van der Waals surface area contributed by atoms with Gasteiger partial charge in [0.1, 0.15) is 0 Å². The number of hydrogen-bond donors (Lipinski definition) is 0. The van der Waals surface area contributed by atoms with E-state index in [0.29, 0.717) is 0 Å². The van der Waals surface area contributed by atoms with E-state index in [2.05, 4.69) is 170 Å². The molecule has 0 unspecified atom stereocenters. The molecule has 0 aliphatic heterocycles. The second-order valence-electron chi connectivity index (χ2n) is 13.1. The molecule has 0 radical (unpaired) electrons. The lowest BCUT2D eigenvalue weighted by atomic mass is 9.84. The van der Waals surface area contributed by atoms with Crippen LogP contribution in [0.4, 0.5) is 0 Å². The predicted molar refractivity (Wildman–Crippen MR) is 221 cm³/mol. The Balaban J connectivity index is 1.17. The summed E-state index contributed by atoms with van der Waals surface area (Å²) < 4.78 is 5.42. The summed E-state index contributed by atoms with van der Waals surface area (Å²) in [5.41, 5.74) is 7.73. The number of rotatable bonds is 3. The predicted octanol–water partition coefficient (Wildman–Crippen LogP) is 14.9. The van der Waals surface area contributed by atoms with Crippen molar-refractivity contribution in [2.45, 2.75) is 0 Å². The van der Waals surface area contributed by atoms with Crippen LogP contribution in [0.25, 0.3) is 106 Å². The molecular formula is C48H28S2. The van der Waals surface area contributed by atoms with Crippen LogP contribution in [0.5, 0.6) is 0 Å². The Morgan fingerprint density at radius 2 is 0.700 bits per heavy atom. The average Bonchev–Trinajstić information content (AvgIpc) is 3.74. The summed E-state index contributed by atoms with van der Waals surface area (Å²) in [5.74, 6) is 0. The summed E-state index contributed by atoms with van der Waals surface area (Å²) in [6.45, 7) is 0. The fraction of sp³-hybridized carbons (Fsp3) is 0. The molecule has 2 aromatic heterocycles. The van der Waals surface area contributed by atoms with Crippen molar-refractivity contribution in [2.24, 2.45) is 0 Å². The van der Waals surface area contributed by atoms with Crippen LogP contribution < -0.4 is 0 Å². The van der Waals surface area contributed by atoms with Crippen LogP contribution in [-0.4, -0.2) is 0 Å². The Morgan fingerprint density at radius 3 is 1.26 bits per heavy atom. The minimum absolute atomic E-state index is 1.24. The largest absolute Gasteiger partial charge is 0.134 e. The highest BCUT2D eigenvalue weighted by Crippen LogP contribution is 2.50. The summed E-state index contributed by atoms with van der Waals surface area (Å²) in [4.78, 5) is 0. The third kappa shape index (κ3) is 4.04. The van der Waals surface area contributed by atoms with Gasteiger partial charge in [-0.25, -0.2) is 0 Å². The second-order valence-corrected chi connectivity index (χ2v) is 15.3. The second kappa shape index (κ2) is 10.9. The third-order valence-corrected chi connectivity index (χ3v) is 12.9. The van der Waals surface area contributed by atoms with Gasteiger partial charge < -0.3 is 0 Å². The van der Waals surface area contributed by atoms with Crippen molar-refractivity contribution in [3.63, 3.8) is 0 Å². The SMILES string of the molecule is c1ccc2c(-c3c4ccccc4c(-c4ccc(-c5c6sc7ccccc7c6cc6c5sc5ccccc56)cc4)c4ccccc34)cccc2c1. The summed E-state index contributed by atoms with van der Waals surface area (Å²) in [5, 5.41) is 13.0. The standard InChI is InChI=1S/C48H28S2/c1-2-14-32-29(12-1)13-11-21-35(32)46-38-19-5-3-17-36(38)44(37-18-4-6-20-39(37)46)30-24-26-31(27-25-30)45-47-40(33-15-7-9-22-42(33)49-47)28-41-34-16-8-10-23-43(34)50-48(41)45/h1-28H. The maximum atomic E-state index is 2.44. The van der Waals surface area contributed by atoms with Crippen LogP contribution in [0.15, 0.2) is 170 Å². The smallest absolute Gasteiger partial charge is 0.0448 e. The Kier molecular flexibility index (Phi) is 6.09. The van der Waals surface area contributed by atoms with Crippen molar-refractivity contribution in [2.75, 3.05) is 0 Å². The Morgan fingerprint density at radius 1 is 0.280 bits per heavy atom. The normalized spacial score (nSPS) is 12.0. The summed E-state index contributed by atoms with van der Waals surface area (Å²) in [6.07, 6.45) is 0. The third-order valence-electron chi connectivity index (χ3n) is 10.5. The van der Waals surface area contributed by atoms with Gasteiger partial charge in [-0.05, 0) is 78.3 Å². The molecule has 0 amide bonds. The molecule has 50 heavy (non-hydrogen) atoms. The van der Waals surface area contributed by atoms with Crippen molar-refractivity contribution in [1.29, 1.82) is 0 Å². The molecule has 2 heteroatoms. The highest BCUT2D eigenvalue weighted by Gasteiger charge is 2.20. The van der Waals surface area contributed by atoms with Gasteiger partial charge in [0.15, 0.2) is 0 Å². The van der Waals surface area contributed by atoms with Gasteiger partial charge in [0.25, 0.3) is 0 Å². The van der Waals surface area contributed by atoms with Gasteiger partial charge in [-0.15, -0.1) is 22.7 Å². The van der Waals surface area contributed by atoms with Crippen molar-refractivity contribution in [3.8, 4) is 33.4 Å². The van der Waals surface area contributed by atoms with Gasteiger partial charge in [-0.3, -0.25) is 0 Å². The van der Waals surface area contributed by atoms with Crippen molar-refractivity contribution in [1.82, 2.24) is 0 Å². The summed E-state index contributed by atoms with van der Waals surface area (Å²) in [6, 6.07) is 63.0. The molecule has 232 valence electrons. The van der Waals surface area contributed by atoms with E-state index in [0.717, 1.165) is 0 Å². The van der Waals surface area contributed by atoms with Crippen molar-refractivity contribution < 1.29 is 0 Å². The molecule has 0 saturated carbocycles. The van der Waals surface area contributed by atoms with Crippen LogP contribution in [0, 0.1) is 0 Å². The van der Waals surface area contributed by atoms with Gasteiger partial charge in [0.2, 0.25) is 0 Å². The van der Waals surface area contributed by atoms with E-state index in [4.69, 9.17) is 0 Å². The minimum atomic E-state index is 1.24. The Labute approximate surface area is 297 Å². The fourth-order valence-corrected chi connectivity index (χ4v) is 10.9. The van der Waals surface area contributed by atoms with Crippen LogP contribution in [-0.2, 0) is 0 Å². The van der Waals surface area contributed by atoms with Gasteiger partial charge in [-0.1, -0.05) is 152 Å². The molecular weight excluding hydrogens is 641 g/mol. The minimum Gasteiger partial charge on any atom is -0.134 e. The molecule has 0 spiro atoms. The first-order chi connectivity index (χ1) is 24.8. The van der Waals surface area contributed by atoms with Crippen LogP contribution in [0.2, 0.25) is 0 Å². The van der Waals surface area contributed by atoms with Gasteiger partial charge >= 0.3 is 0 Å². The van der Waals surface area contributed by atoms with E-state index < -0.39 is 0 Å². The van der Waals surface area contributed by atoms with Gasteiger partial charge in [0, 0.05) is 45.9 Å². The maximum Gasteiger partial charge on any atom is 0.0448 e. The lowest BCUT2D eigenvalue weighted by Crippen LogP contribution is -1.91. The Bertz CT molecular complexity index is 2990. The zero-order valence-corrected chi connectivity index (χ0v) is 28.6. The molecule has 0 bridgehead atoms. The molecule has 0 aliphatic rings. The molecule has 0 N–H and O–H groups in total. The molecule has 2 heterocycles. The van der Waals surface area contributed by atoms with Gasteiger partial charge in [0.05, 0.1) is 0 Å². The lowest BCUT2D eigenvalue weighted by Gasteiger charge is -2.19. The molecule has 0 nitrogen and oxygen atoms in total. The summed E-state index contributed by atoms with van der Waals surface area (Å²) in [7, 11) is 0. The molecule has 11 aromatic rings. The van der Waals surface area contributed by atoms with Crippen LogP contribution in [0.1, 0.15) is 0 Å². The number of fused-ring (bicyclic) bond motifs is 9. The Hall–Kier alpha value is -5.80. The fourth-order valence-electron chi connectivity index (χ4n) is 8.28. The van der Waals surface area contributed by atoms with Crippen LogP contribution >= 0.6 is 22.7 Å². The van der Waals surface area contributed by atoms with Crippen molar-refractivity contribution >= 4 is 95.3 Å². The molecule has 9 aromatic carbocycles. The van der Waals surface area contributed by atoms with E-state index in [-0.39, 0.29) is 0 Å². The monoisotopic (exact) mass is 668 g/mol. The zero-order valence-electron chi connectivity index (χ0n) is 27.0. The van der Waals surface area contributed by atoms with E-state index in [1.807, 2.05) is 22.7 Å². The average molecular weight is 669 g/mol. The van der Waals surface area contributed by atoms with E-state index >= 15 is 0 Å². The first-order valence-corrected chi connectivity index (χ1v) is 18.7. The van der Waals surface area contributed by atoms with Gasteiger partial charge in [-0.2, -0.15) is 0 Å². The van der Waals surface area contributed by atoms with Crippen molar-refractivity contribution in [3.05, 3.63) is 170 Å². The number of benzene rings is 9. The van der Waals surface area contributed by atoms with Crippen LogP contribution in [0.3, 0.4) is 0 Å². The molecule has 0 aliphatic carbocycles. The van der Waals surface area contributed by atoms with E-state index in [1.54, 1.807) is 0 Å². The first kappa shape index (κ1) is 28.1. The molecule has 0 atom stereocenters. The summed E-state index contributed by atoms with van der Waals surface area (Å²) >= 11 is 3.84. The molecule has 0 fully saturated rings. The quantitative estimate of drug-likeness (QED) is 0.164. The van der Waals surface area contributed by atoms with E-state index in [1.165, 1.54) is 106 Å². The number of hydrogen-bond acceptors (Lipinski definition) is 2. The highest BCUT2D eigenvalue weighted by atomic mass is 32.1. The topological polar surface area (TPSA) is 0 Å². The number of thiophene rings is 2. The van der Waals surface area contributed by atoms with E-state index in [9.17, 15) is 0 Å². The first-order valence-electron chi connectivity index (χ1n) is 17.1. The molecule has 11 rings (SSSR count).